The molecule has 1 amide bonds. The van der Waals surface area contributed by atoms with Crippen LogP contribution in [-0.2, 0) is 4.79 Å². The smallest absolute Gasteiger partial charge is 0.239 e. The highest BCUT2D eigenvalue weighted by Gasteiger charge is 2.31. The van der Waals surface area contributed by atoms with Crippen molar-refractivity contribution in [3.8, 4) is 5.75 Å². The number of hydrazine groups is 1. The van der Waals surface area contributed by atoms with Gasteiger partial charge in [-0.1, -0.05) is 29.3 Å². The van der Waals surface area contributed by atoms with Gasteiger partial charge in [0.1, 0.15) is 11.8 Å². The number of benzene rings is 1. The Kier molecular flexibility index (Phi) is 5.00. The molecule has 2 heterocycles. The molecule has 0 aliphatic carbocycles. The molecule has 3 N–H and O–H groups in total. The van der Waals surface area contributed by atoms with Crippen molar-refractivity contribution in [2.45, 2.75) is 50.7 Å². The first kappa shape index (κ1) is 15.8. The number of carbonyl (C=O) groups excluding carboxylic acids is 1. The van der Waals surface area contributed by atoms with Crippen molar-refractivity contribution >= 4 is 21.8 Å². The maximum atomic E-state index is 12.5. The Balaban J connectivity index is 1.65. The van der Waals surface area contributed by atoms with Gasteiger partial charge in [-0.2, -0.15) is 0 Å². The van der Waals surface area contributed by atoms with Crippen LogP contribution in [0, 0.1) is 0 Å². The predicted octanol–water partition coefficient (Wildman–Crippen LogP) is 2.42. The molecule has 6 heteroatoms. The Bertz CT molecular complexity index is 552. The molecule has 1 aromatic carbocycles. The minimum atomic E-state index is -0.157. The Morgan fingerprint density at radius 1 is 1.45 bits per heavy atom. The summed E-state index contributed by atoms with van der Waals surface area (Å²) in [5.74, 6) is 0.921. The van der Waals surface area contributed by atoms with Crippen LogP contribution >= 0.6 is 15.9 Å². The van der Waals surface area contributed by atoms with Crippen LogP contribution in [0.3, 0.4) is 0 Å². The van der Waals surface area contributed by atoms with Crippen LogP contribution in [0.4, 0.5) is 0 Å². The summed E-state index contributed by atoms with van der Waals surface area (Å²) in [5.41, 5.74) is 7.37. The van der Waals surface area contributed by atoms with Gasteiger partial charge in [-0.25, -0.2) is 5.43 Å². The molecule has 0 bridgehead atoms. The lowest BCUT2D eigenvalue weighted by Crippen LogP contribution is -2.45. The number of rotatable bonds is 4. The van der Waals surface area contributed by atoms with E-state index in [1.807, 2.05) is 18.2 Å². The molecule has 3 rings (SSSR count). The molecule has 0 saturated carbocycles. The maximum absolute atomic E-state index is 12.5. The molecule has 5 nitrogen and oxygen atoms in total. The Morgan fingerprint density at radius 2 is 2.32 bits per heavy atom. The highest BCUT2D eigenvalue weighted by Crippen LogP contribution is 2.34. The summed E-state index contributed by atoms with van der Waals surface area (Å²) < 4.78 is 6.66. The van der Waals surface area contributed by atoms with Gasteiger partial charge in [0.25, 0.3) is 0 Å². The number of halogens is 1. The highest BCUT2D eigenvalue weighted by atomic mass is 79.9. The van der Waals surface area contributed by atoms with Crippen LogP contribution in [-0.4, -0.2) is 24.6 Å². The molecule has 3 atom stereocenters. The second-order valence-electron chi connectivity index (χ2n) is 5.94. The molecular formula is C16H22BrN3O2. The fourth-order valence-corrected chi connectivity index (χ4v) is 3.50. The van der Waals surface area contributed by atoms with Crippen LogP contribution in [0.25, 0.3) is 0 Å². The Morgan fingerprint density at radius 3 is 3.14 bits per heavy atom. The van der Waals surface area contributed by atoms with Crippen molar-refractivity contribution in [2.75, 3.05) is 6.61 Å². The first-order valence-electron chi connectivity index (χ1n) is 7.91. The van der Waals surface area contributed by atoms with Gasteiger partial charge in [-0.3, -0.25) is 10.2 Å². The molecular weight excluding hydrogens is 346 g/mol. The summed E-state index contributed by atoms with van der Waals surface area (Å²) in [4.78, 5) is 12.5. The van der Waals surface area contributed by atoms with E-state index in [-0.39, 0.29) is 18.0 Å². The first-order valence-corrected chi connectivity index (χ1v) is 8.70. The normalized spacial score (nSPS) is 27.1. The molecule has 1 aromatic rings. The number of hydrogen-bond donors (Lipinski definition) is 3. The third-order valence-electron chi connectivity index (χ3n) is 4.26. The highest BCUT2D eigenvalue weighted by molar-refractivity contribution is 9.10. The molecule has 120 valence electrons. The molecule has 0 spiro atoms. The standard InChI is InChI=1S/C16H22BrN3O2/c1-2-3-11-9-14(20-19-11)16(21)18-13-6-7-22-15-5-4-10(17)8-12(13)15/h4-5,8,11,13-14,19-20H,2-3,6-7,9H2,1H3,(H,18,21). The molecule has 2 aliphatic rings. The molecule has 2 aliphatic heterocycles. The SMILES string of the molecule is CCCC1CC(C(=O)NC2CCOc3ccc(Br)cc32)NN1. The van der Waals surface area contributed by atoms with Crippen LogP contribution in [0.1, 0.15) is 44.2 Å². The van der Waals surface area contributed by atoms with Gasteiger partial charge >= 0.3 is 0 Å². The quantitative estimate of drug-likeness (QED) is 0.764. The molecule has 0 radical (unpaired) electrons. The maximum Gasteiger partial charge on any atom is 0.239 e. The van der Waals surface area contributed by atoms with Crippen LogP contribution < -0.4 is 20.9 Å². The summed E-state index contributed by atoms with van der Waals surface area (Å²) in [6.45, 7) is 2.79. The molecule has 3 unspecified atom stereocenters. The topological polar surface area (TPSA) is 62.4 Å². The average Bonchev–Trinajstić information content (AvgIpc) is 2.97. The number of carbonyl (C=O) groups is 1. The van der Waals surface area contributed by atoms with Gasteiger partial charge in [0, 0.05) is 22.5 Å². The predicted molar refractivity (Wildman–Crippen MR) is 88.5 cm³/mol. The minimum absolute atomic E-state index is 0.0146. The average molecular weight is 368 g/mol. The van der Waals surface area contributed by atoms with Crippen molar-refractivity contribution < 1.29 is 9.53 Å². The van der Waals surface area contributed by atoms with E-state index >= 15 is 0 Å². The van der Waals surface area contributed by atoms with Crippen LogP contribution in [0.15, 0.2) is 22.7 Å². The number of ether oxygens (including phenoxy) is 1. The lowest BCUT2D eigenvalue weighted by molar-refractivity contribution is -0.123. The number of amides is 1. The van der Waals surface area contributed by atoms with Gasteiger partial charge in [-0.05, 0) is 31.0 Å². The monoisotopic (exact) mass is 367 g/mol. The van der Waals surface area contributed by atoms with Gasteiger partial charge < -0.3 is 10.1 Å². The third kappa shape index (κ3) is 3.45. The van der Waals surface area contributed by atoms with E-state index in [9.17, 15) is 4.79 Å². The van der Waals surface area contributed by atoms with Crippen molar-refractivity contribution in [2.24, 2.45) is 0 Å². The summed E-state index contributed by atoms with van der Waals surface area (Å²) in [6, 6.07) is 6.18. The fraction of sp³-hybridized carbons (Fsp3) is 0.562. The zero-order valence-corrected chi connectivity index (χ0v) is 14.3. The first-order chi connectivity index (χ1) is 10.7. The zero-order chi connectivity index (χ0) is 15.5. The van der Waals surface area contributed by atoms with Crippen molar-refractivity contribution in [3.05, 3.63) is 28.2 Å². The van der Waals surface area contributed by atoms with E-state index in [0.29, 0.717) is 12.6 Å². The largest absolute Gasteiger partial charge is 0.493 e. The van der Waals surface area contributed by atoms with Crippen molar-refractivity contribution in [1.29, 1.82) is 0 Å². The second-order valence-corrected chi connectivity index (χ2v) is 6.86. The third-order valence-corrected chi connectivity index (χ3v) is 4.76. The summed E-state index contributed by atoms with van der Waals surface area (Å²) in [5, 5.41) is 3.16. The van der Waals surface area contributed by atoms with Gasteiger partial charge in [-0.15, -0.1) is 0 Å². The second kappa shape index (κ2) is 6.98. The van der Waals surface area contributed by atoms with E-state index in [0.717, 1.165) is 41.5 Å². The Labute approximate surface area is 139 Å². The summed E-state index contributed by atoms with van der Waals surface area (Å²) in [7, 11) is 0. The van der Waals surface area contributed by atoms with E-state index < -0.39 is 0 Å². The van der Waals surface area contributed by atoms with Crippen LogP contribution in [0.2, 0.25) is 0 Å². The molecule has 22 heavy (non-hydrogen) atoms. The molecule has 1 fully saturated rings. The molecule has 0 aromatic heterocycles. The van der Waals surface area contributed by atoms with Gasteiger partial charge in [0.05, 0.1) is 12.6 Å². The fourth-order valence-electron chi connectivity index (χ4n) is 3.12. The lowest BCUT2D eigenvalue weighted by Gasteiger charge is -2.27. The van der Waals surface area contributed by atoms with E-state index in [1.54, 1.807) is 0 Å². The number of nitrogens with one attached hydrogen (secondary N) is 3. The number of hydrogen-bond acceptors (Lipinski definition) is 4. The minimum Gasteiger partial charge on any atom is -0.493 e. The van der Waals surface area contributed by atoms with Crippen molar-refractivity contribution in [1.82, 2.24) is 16.2 Å². The van der Waals surface area contributed by atoms with E-state index in [1.165, 1.54) is 0 Å². The van der Waals surface area contributed by atoms with Gasteiger partial charge in [0.15, 0.2) is 0 Å². The summed E-state index contributed by atoms with van der Waals surface area (Å²) >= 11 is 3.48. The van der Waals surface area contributed by atoms with Gasteiger partial charge in [0.2, 0.25) is 5.91 Å². The summed E-state index contributed by atoms with van der Waals surface area (Å²) in [6.07, 6.45) is 3.85. The zero-order valence-electron chi connectivity index (χ0n) is 12.7. The Hall–Kier alpha value is -1.11. The van der Waals surface area contributed by atoms with E-state index in [2.05, 4.69) is 39.0 Å². The van der Waals surface area contributed by atoms with Crippen LogP contribution in [0.5, 0.6) is 5.75 Å². The van der Waals surface area contributed by atoms with Crippen molar-refractivity contribution in [3.63, 3.8) is 0 Å². The molecule has 1 saturated heterocycles. The number of fused-ring (bicyclic) bond motifs is 1. The van der Waals surface area contributed by atoms with E-state index in [4.69, 9.17) is 4.74 Å². The lowest BCUT2D eigenvalue weighted by atomic mass is 9.99.